The monoisotopic (exact) mass is 368 g/mol. The van der Waals surface area contributed by atoms with Gasteiger partial charge in [-0.05, 0) is 55.3 Å². The van der Waals surface area contributed by atoms with Crippen molar-refractivity contribution < 1.29 is 19.1 Å². The predicted octanol–water partition coefficient (Wildman–Crippen LogP) is 3.41. The number of hydrogen-bond donors (Lipinski definition) is 2. The number of carbonyl (C=O) groups excluding carboxylic acids is 2. The van der Waals surface area contributed by atoms with Gasteiger partial charge in [-0.2, -0.15) is 0 Å². The molecule has 2 aromatic rings. The van der Waals surface area contributed by atoms with Crippen LogP contribution in [-0.4, -0.2) is 32.6 Å². The molecular weight excluding hydrogens is 344 g/mol. The second-order valence-electron chi connectivity index (χ2n) is 5.83. The molecule has 142 valence electrons. The highest BCUT2D eigenvalue weighted by Crippen LogP contribution is 2.28. The highest BCUT2D eigenvalue weighted by Gasteiger charge is 2.09. The summed E-state index contributed by atoms with van der Waals surface area (Å²) in [6, 6.07) is 10.6. The van der Waals surface area contributed by atoms with Crippen LogP contribution in [0, 0.1) is 6.92 Å². The van der Waals surface area contributed by atoms with Gasteiger partial charge in [0, 0.05) is 23.9 Å². The van der Waals surface area contributed by atoms with Gasteiger partial charge in [0.25, 0.3) is 5.91 Å². The predicted molar refractivity (Wildman–Crippen MR) is 106 cm³/mol. The first-order valence-electron chi connectivity index (χ1n) is 8.58. The molecular formula is C21H24N2O4. The minimum absolute atomic E-state index is 0.172. The number of rotatable bonds is 7. The lowest BCUT2D eigenvalue weighted by Crippen LogP contribution is -2.23. The van der Waals surface area contributed by atoms with Gasteiger partial charge >= 0.3 is 0 Å². The van der Waals surface area contributed by atoms with E-state index in [-0.39, 0.29) is 11.8 Å². The van der Waals surface area contributed by atoms with E-state index in [1.54, 1.807) is 50.6 Å². The van der Waals surface area contributed by atoms with Gasteiger partial charge in [-0.15, -0.1) is 0 Å². The fourth-order valence-corrected chi connectivity index (χ4v) is 2.46. The summed E-state index contributed by atoms with van der Waals surface area (Å²) in [5.41, 5.74) is 2.77. The van der Waals surface area contributed by atoms with Crippen molar-refractivity contribution in [2.75, 3.05) is 26.1 Å². The van der Waals surface area contributed by atoms with E-state index in [1.807, 2.05) is 19.9 Å². The van der Waals surface area contributed by atoms with Crippen LogP contribution in [0.25, 0.3) is 6.08 Å². The molecule has 27 heavy (non-hydrogen) atoms. The van der Waals surface area contributed by atoms with Crippen LogP contribution in [0.3, 0.4) is 0 Å². The molecule has 0 aliphatic carbocycles. The quantitative estimate of drug-likeness (QED) is 0.734. The Kier molecular flexibility index (Phi) is 7.00. The first-order chi connectivity index (χ1) is 13.0. The van der Waals surface area contributed by atoms with Crippen LogP contribution < -0.4 is 20.1 Å². The Morgan fingerprint density at radius 2 is 1.78 bits per heavy atom. The second-order valence-corrected chi connectivity index (χ2v) is 5.83. The second kappa shape index (κ2) is 9.43. The zero-order chi connectivity index (χ0) is 19.8. The number of hydrogen-bond acceptors (Lipinski definition) is 4. The lowest BCUT2D eigenvalue weighted by molar-refractivity contribution is -0.111. The largest absolute Gasteiger partial charge is 0.493 e. The fourth-order valence-electron chi connectivity index (χ4n) is 2.46. The van der Waals surface area contributed by atoms with Crippen molar-refractivity contribution in [3.63, 3.8) is 0 Å². The van der Waals surface area contributed by atoms with E-state index in [2.05, 4.69) is 10.6 Å². The van der Waals surface area contributed by atoms with E-state index in [4.69, 9.17) is 9.47 Å². The number of carbonyl (C=O) groups is 2. The molecule has 0 saturated carbocycles. The van der Waals surface area contributed by atoms with Crippen molar-refractivity contribution in [3.05, 3.63) is 59.2 Å². The van der Waals surface area contributed by atoms with Gasteiger partial charge in [0.05, 0.1) is 14.2 Å². The van der Waals surface area contributed by atoms with Crippen LogP contribution in [0.4, 0.5) is 5.69 Å². The SMILES string of the molecule is CCNC(=O)c1ccc(C)c(NC(=O)/C=C/c2ccc(OC)c(OC)c2)c1. The number of amides is 2. The van der Waals surface area contributed by atoms with Crippen molar-refractivity contribution >= 4 is 23.6 Å². The maximum absolute atomic E-state index is 12.3. The molecule has 0 aromatic heterocycles. The van der Waals surface area contributed by atoms with Crippen molar-refractivity contribution in [2.45, 2.75) is 13.8 Å². The number of methoxy groups -OCH3 is 2. The average Bonchev–Trinajstić information content (AvgIpc) is 2.67. The van der Waals surface area contributed by atoms with E-state index in [9.17, 15) is 9.59 Å². The van der Waals surface area contributed by atoms with Crippen LogP contribution in [0.15, 0.2) is 42.5 Å². The summed E-state index contributed by atoms with van der Waals surface area (Å²) < 4.78 is 10.4. The molecule has 0 aliphatic rings. The summed E-state index contributed by atoms with van der Waals surface area (Å²) in [5.74, 6) is 0.747. The van der Waals surface area contributed by atoms with Gasteiger partial charge in [0.2, 0.25) is 5.91 Å². The van der Waals surface area contributed by atoms with Crippen LogP contribution in [-0.2, 0) is 4.79 Å². The lowest BCUT2D eigenvalue weighted by atomic mass is 10.1. The molecule has 0 radical (unpaired) electrons. The summed E-state index contributed by atoms with van der Waals surface area (Å²) in [6.07, 6.45) is 3.11. The highest BCUT2D eigenvalue weighted by molar-refractivity contribution is 6.03. The van der Waals surface area contributed by atoms with Gasteiger partial charge in [0.15, 0.2) is 11.5 Å². The molecule has 6 nitrogen and oxygen atoms in total. The molecule has 0 fully saturated rings. The van der Waals surface area contributed by atoms with E-state index in [1.165, 1.54) is 6.08 Å². The van der Waals surface area contributed by atoms with Crippen LogP contribution >= 0.6 is 0 Å². The van der Waals surface area contributed by atoms with Crippen molar-refractivity contribution in [2.24, 2.45) is 0 Å². The van der Waals surface area contributed by atoms with Crippen molar-refractivity contribution in [3.8, 4) is 11.5 Å². The minimum atomic E-state index is -0.291. The van der Waals surface area contributed by atoms with Gasteiger partial charge in [-0.3, -0.25) is 9.59 Å². The first kappa shape index (κ1) is 20.0. The number of anilines is 1. The zero-order valence-electron chi connectivity index (χ0n) is 16.0. The Hall–Kier alpha value is -3.28. The molecule has 2 amide bonds. The van der Waals surface area contributed by atoms with E-state index in [0.29, 0.717) is 29.3 Å². The van der Waals surface area contributed by atoms with Gasteiger partial charge < -0.3 is 20.1 Å². The topological polar surface area (TPSA) is 76.7 Å². The molecule has 2 aromatic carbocycles. The summed E-state index contributed by atoms with van der Waals surface area (Å²) >= 11 is 0. The molecule has 0 spiro atoms. The Balaban J connectivity index is 2.12. The summed E-state index contributed by atoms with van der Waals surface area (Å²) in [6.45, 7) is 4.27. The first-order valence-corrected chi connectivity index (χ1v) is 8.58. The molecule has 0 aliphatic heterocycles. The lowest BCUT2D eigenvalue weighted by Gasteiger charge is -2.09. The molecule has 0 atom stereocenters. The summed E-state index contributed by atoms with van der Waals surface area (Å²) in [5, 5.41) is 5.55. The van der Waals surface area contributed by atoms with E-state index >= 15 is 0 Å². The smallest absolute Gasteiger partial charge is 0.251 e. The third-order valence-corrected chi connectivity index (χ3v) is 3.93. The maximum atomic E-state index is 12.3. The Morgan fingerprint density at radius 3 is 2.44 bits per heavy atom. The maximum Gasteiger partial charge on any atom is 0.251 e. The van der Waals surface area contributed by atoms with E-state index < -0.39 is 0 Å². The molecule has 0 unspecified atom stereocenters. The fraction of sp³-hybridized carbons (Fsp3) is 0.238. The molecule has 0 heterocycles. The van der Waals surface area contributed by atoms with Gasteiger partial charge in [-0.25, -0.2) is 0 Å². The number of aryl methyl sites for hydroxylation is 1. The summed E-state index contributed by atoms with van der Waals surface area (Å²) in [7, 11) is 3.13. The average molecular weight is 368 g/mol. The zero-order valence-corrected chi connectivity index (χ0v) is 16.0. The highest BCUT2D eigenvalue weighted by atomic mass is 16.5. The molecule has 0 saturated heterocycles. The minimum Gasteiger partial charge on any atom is -0.493 e. The molecule has 6 heteroatoms. The van der Waals surface area contributed by atoms with Crippen LogP contribution in [0.2, 0.25) is 0 Å². The standard InChI is InChI=1S/C21H24N2O4/c1-5-22-21(25)16-9-6-14(2)17(13-16)23-20(24)11-8-15-7-10-18(26-3)19(12-15)27-4/h6-13H,5H2,1-4H3,(H,22,25)(H,23,24)/b11-8+. The van der Waals surface area contributed by atoms with Gasteiger partial charge in [-0.1, -0.05) is 12.1 Å². The Labute approximate surface area is 159 Å². The third-order valence-electron chi connectivity index (χ3n) is 3.93. The molecule has 2 rings (SSSR count). The van der Waals surface area contributed by atoms with Gasteiger partial charge in [0.1, 0.15) is 0 Å². The van der Waals surface area contributed by atoms with E-state index in [0.717, 1.165) is 11.1 Å². The van der Waals surface area contributed by atoms with Crippen molar-refractivity contribution in [1.29, 1.82) is 0 Å². The number of ether oxygens (including phenoxy) is 2. The van der Waals surface area contributed by atoms with Crippen LogP contribution in [0.5, 0.6) is 11.5 Å². The molecule has 2 N–H and O–H groups in total. The van der Waals surface area contributed by atoms with Crippen molar-refractivity contribution in [1.82, 2.24) is 5.32 Å². The Morgan fingerprint density at radius 1 is 1.04 bits per heavy atom. The number of benzene rings is 2. The van der Waals surface area contributed by atoms with Crippen LogP contribution in [0.1, 0.15) is 28.4 Å². The number of nitrogens with one attached hydrogen (secondary N) is 2. The molecule has 0 bridgehead atoms. The Bertz CT molecular complexity index is 859. The third kappa shape index (κ3) is 5.34. The summed E-state index contributed by atoms with van der Waals surface area (Å²) in [4.78, 5) is 24.2. The normalized spacial score (nSPS) is 10.5.